The molecule has 5 heteroatoms. The third kappa shape index (κ3) is 3.61. The zero-order chi connectivity index (χ0) is 13.7. The van der Waals surface area contributed by atoms with Crippen molar-refractivity contribution >= 4 is 11.6 Å². The second kappa shape index (κ2) is 6.43. The van der Waals surface area contributed by atoms with E-state index in [9.17, 15) is 4.79 Å². The molecule has 1 heterocycles. The molecule has 0 spiro atoms. The quantitative estimate of drug-likeness (QED) is 0.749. The van der Waals surface area contributed by atoms with Crippen LogP contribution in [0.2, 0.25) is 0 Å². The van der Waals surface area contributed by atoms with Crippen LogP contribution in [-0.2, 0) is 0 Å². The topological polar surface area (TPSA) is 76.4 Å². The molecule has 1 aromatic carbocycles. The van der Waals surface area contributed by atoms with Crippen molar-refractivity contribution in [2.75, 3.05) is 25.5 Å². The molecule has 19 heavy (non-hydrogen) atoms. The van der Waals surface area contributed by atoms with E-state index in [0.717, 1.165) is 24.5 Å². The fourth-order valence-electron chi connectivity index (χ4n) is 2.33. The number of carbonyl (C=O) groups is 1. The third-order valence-electron chi connectivity index (χ3n) is 3.44. The minimum Gasteiger partial charge on any atom is -0.495 e. The summed E-state index contributed by atoms with van der Waals surface area (Å²) in [6.45, 7) is 1.89. The predicted octanol–water partition coefficient (Wildman–Crippen LogP) is 1.35. The molecule has 1 aromatic rings. The van der Waals surface area contributed by atoms with Gasteiger partial charge in [0, 0.05) is 18.2 Å². The van der Waals surface area contributed by atoms with E-state index in [4.69, 9.17) is 10.5 Å². The summed E-state index contributed by atoms with van der Waals surface area (Å²) in [6, 6.07) is 5.64. The molecule has 1 unspecified atom stereocenters. The van der Waals surface area contributed by atoms with Gasteiger partial charge in [0.2, 0.25) is 5.91 Å². The van der Waals surface area contributed by atoms with Crippen molar-refractivity contribution in [3.05, 3.63) is 23.8 Å². The third-order valence-corrected chi connectivity index (χ3v) is 3.44. The Kier molecular flexibility index (Phi) is 4.63. The Hall–Kier alpha value is -1.75. The summed E-state index contributed by atoms with van der Waals surface area (Å²) in [6.07, 6.45) is 3.68. The van der Waals surface area contributed by atoms with Gasteiger partial charge >= 0.3 is 0 Å². The average molecular weight is 263 g/mol. The first-order valence-corrected chi connectivity index (χ1v) is 6.66. The van der Waals surface area contributed by atoms with Gasteiger partial charge < -0.3 is 21.1 Å². The van der Waals surface area contributed by atoms with Crippen LogP contribution in [-0.4, -0.2) is 32.1 Å². The van der Waals surface area contributed by atoms with Crippen LogP contribution >= 0.6 is 0 Å². The number of anilines is 1. The van der Waals surface area contributed by atoms with E-state index in [0.29, 0.717) is 11.6 Å². The molecule has 1 aliphatic rings. The summed E-state index contributed by atoms with van der Waals surface area (Å²) in [4.78, 5) is 11.2. The highest BCUT2D eigenvalue weighted by atomic mass is 16.5. The highest BCUT2D eigenvalue weighted by Crippen LogP contribution is 2.25. The maximum Gasteiger partial charge on any atom is 0.248 e. The molecule has 4 N–H and O–H groups in total. The lowest BCUT2D eigenvalue weighted by Crippen LogP contribution is -2.39. The Morgan fingerprint density at radius 3 is 3.00 bits per heavy atom. The van der Waals surface area contributed by atoms with Gasteiger partial charge in [-0.25, -0.2) is 0 Å². The average Bonchev–Trinajstić information content (AvgIpc) is 2.45. The van der Waals surface area contributed by atoms with Crippen molar-refractivity contribution in [2.24, 2.45) is 5.73 Å². The zero-order valence-electron chi connectivity index (χ0n) is 11.2. The first-order valence-electron chi connectivity index (χ1n) is 6.66. The van der Waals surface area contributed by atoms with Crippen LogP contribution in [0, 0.1) is 0 Å². The summed E-state index contributed by atoms with van der Waals surface area (Å²) >= 11 is 0. The normalized spacial score (nSPS) is 18.9. The molecule has 0 radical (unpaired) electrons. The van der Waals surface area contributed by atoms with E-state index in [1.54, 1.807) is 25.3 Å². The first kappa shape index (κ1) is 13.7. The maximum absolute atomic E-state index is 11.2. The number of nitrogens with one attached hydrogen (secondary N) is 2. The summed E-state index contributed by atoms with van der Waals surface area (Å²) in [5.74, 6) is 0.294. The monoisotopic (exact) mass is 263 g/mol. The largest absolute Gasteiger partial charge is 0.495 e. The van der Waals surface area contributed by atoms with Crippen molar-refractivity contribution in [3.63, 3.8) is 0 Å². The number of ether oxygens (including phenoxy) is 1. The number of amides is 1. The van der Waals surface area contributed by atoms with Gasteiger partial charge in [-0.2, -0.15) is 0 Å². The lowest BCUT2D eigenvalue weighted by molar-refractivity contribution is 0.100. The molecule has 0 aliphatic carbocycles. The first-order chi connectivity index (χ1) is 9.20. The van der Waals surface area contributed by atoms with E-state index >= 15 is 0 Å². The lowest BCUT2D eigenvalue weighted by Gasteiger charge is -2.24. The highest BCUT2D eigenvalue weighted by Gasteiger charge is 2.13. The molecule has 1 fully saturated rings. The lowest BCUT2D eigenvalue weighted by atomic mass is 10.0. The fraction of sp³-hybridized carbons (Fsp3) is 0.500. The minimum atomic E-state index is -0.429. The molecule has 104 valence electrons. The number of rotatable bonds is 5. The standard InChI is InChI=1S/C14H21N3O2/c1-19-13-6-5-10(14(15)18)8-12(13)17-9-11-4-2-3-7-16-11/h5-6,8,11,16-17H,2-4,7,9H2,1H3,(H2,15,18). The zero-order valence-corrected chi connectivity index (χ0v) is 11.2. The molecule has 1 aliphatic heterocycles. The van der Waals surface area contributed by atoms with Crippen LogP contribution in [0.25, 0.3) is 0 Å². The number of piperidine rings is 1. The van der Waals surface area contributed by atoms with Crippen LogP contribution in [0.3, 0.4) is 0 Å². The Labute approximate surface area is 113 Å². The van der Waals surface area contributed by atoms with Crippen LogP contribution < -0.4 is 21.1 Å². The predicted molar refractivity (Wildman–Crippen MR) is 75.6 cm³/mol. The van der Waals surface area contributed by atoms with Crippen molar-refractivity contribution < 1.29 is 9.53 Å². The fourth-order valence-corrected chi connectivity index (χ4v) is 2.33. The van der Waals surface area contributed by atoms with Crippen LogP contribution in [0.5, 0.6) is 5.75 Å². The molecule has 0 saturated carbocycles. The molecule has 0 bridgehead atoms. The van der Waals surface area contributed by atoms with Crippen molar-refractivity contribution in [1.29, 1.82) is 0 Å². The van der Waals surface area contributed by atoms with E-state index in [1.807, 2.05) is 0 Å². The van der Waals surface area contributed by atoms with Crippen LogP contribution in [0.1, 0.15) is 29.6 Å². The van der Waals surface area contributed by atoms with Gasteiger partial charge in [-0.15, -0.1) is 0 Å². The minimum absolute atomic E-state index is 0.429. The van der Waals surface area contributed by atoms with Gasteiger partial charge in [0.15, 0.2) is 0 Å². The highest BCUT2D eigenvalue weighted by molar-refractivity contribution is 5.94. The number of nitrogens with two attached hydrogens (primary N) is 1. The number of hydrogen-bond donors (Lipinski definition) is 3. The van der Waals surface area contributed by atoms with Gasteiger partial charge in [-0.05, 0) is 37.6 Å². The summed E-state index contributed by atoms with van der Waals surface area (Å²) in [5.41, 5.74) is 6.59. The van der Waals surface area contributed by atoms with E-state index in [-0.39, 0.29) is 0 Å². The molecule has 1 amide bonds. The van der Waals surface area contributed by atoms with Gasteiger partial charge in [-0.1, -0.05) is 6.42 Å². The Morgan fingerprint density at radius 1 is 1.53 bits per heavy atom. The Balaban J connectivity index is 2.04. The Bertz CT molecular complexity index is 442. The van der Waals surface area contributed by atoms with Gasteiger partial charge in [0.1, 0.15) is 5.75 Å². The van der Waals surface area contributed by atoms with Crippen LogP contribution in [0.4, 0.5) is 5.69 Å². The van der Waals surface area contributed by atoms with E-state index < -0.39 is 5.91 Å². The molecule has 1 saturated heterocycles. The summed E-state index contributed by atoms with van der Waals surface area (Å²) < 4.78 is 5.28. The maximum atomic E-state index is 11.2. The summed E-state index contributed by atoms with van der Waals surface area (Å²) in [5, 5.41) is 6.80. The van der Waals surface area contributed by atoms with Gasteiger partial charge in [-0.3, -0.25) is 4.79 Å². The summed E-state index contributed by atoms with van der Waals surface area (Å²) in [7, 11) is 1.61. The molecule has 2 rings (SSSR count). The number of carbonyl (C=O) groups excluding carboxylic acids is 1. The van der Waals surface area contributed by atoms with Crippen molar-refractivity contribution in [3.8, 4) is 5.75 Å². The van der Waals surface area contributed by atoms with Gasteiger partial charge in [0.05, 0.1) is 12.8 Å². The SMILES string of the molecule is COc1ccc(C(N)=O)cc1NCC1CCCCN1. The molecular weight excluding hydrogens is 242 g/mol. The molecule has 5 nitrogen and oxygen atoms in total. The van der Waals surface area contributed by atoms with E-state index in [1.165, 1.54) is 19.3 Å². The van der Waals surface area contributed by atoms with E-state index in [2.05, 4.69) is 10.6 Å². The second-order valence-electron chi connectivity index (χ2n) is 4.81. The number of hydrogen-bond acceptors (Lipinski definition) is 4. The number of primary amides is 1. The number of benzene rings is 1. The van der Waals surface area contributed by atoms with Crippen molar-refractivity contribution in [1.82, 2.24) is 5.32 Å². The Morgan fingerprint density at radius 2 is 2.37 bits per heavy atom. The second-order valence-corrected chi connectivity index (χ2v) is 4.81. The number of methoxy groups -OCH3 is 1. The smallest absolute Gasteiger partial charge is 0.248 e. The van der Waals surface area contributed by atoms with Crippen LogP contribution in [0.15, 0.2) is 18.2 Å². The van der Waals surface area contributed by atoms with Gasteiger partial charge in [0.25, 0.3) is 0 Å². The molecular formula is C14H21N3O2. The van der Waals surface area contributed by atoms with Crippen molar-refractivity contribution in [2.45, 2.75) is 25.3 Å². The molecule has 0 aromatic heterocycles. The molecule has 1 atom stereocenters.